The molecule has 5 nitrogen and oxygen atoms in total. The van der Waals surface area contributed by atoms with Crippen molar-refractivity contribution in [3.63, 3.8) is 0 Å². The molecule has 0 saturated carbocycles. The van der Waals surface area contributed by atoms with Crippen molar-refractivity contribution in [1.29, 1.82) is 0 Å². The molecule has 5 heteroatoms. The van der Waals surface area contributed by atoms with E-state index in [9.17, 15) is 9.59 Å². The molecule has 2 amide bonds. The molecule has 0 aliphatic carbocycles. The Morgan fingerprint density at radius 1 is 1.06 bits per heavy atom. The van der Waals surface area contributed by atoms with Crippen molar-refractivity contribution in [2.45, 2.75) is 59.4 Å². The fourth-order valence-corrected chi connectivity index (χ4v) is 1.50. The second-order valence-electron chi connectivity index (χ2n) is 4.18. The Morgan fingerprint density at radius 2 is 1.50 bits per heavy atom. The van der Waals surface area contributed by atoms with Gasteiger partial charge in [0.2, 0.25) is 11.8 Å². The zero-order chi connectivity index (χ0) is 12.7. The summed E-state index contributed by atoms with van der Waals surface area (Å²) in [4.78, 5) is 21.9. The second-order valence-corrected chi connectivity index (χ2v) is 4.18. The molecule has 0 aromatic heterocycles. The molecule has 0 rings (SSSR count). The summed E-state index contributed by atoms with van der Waals surface area (Å²) in [5.41, 5.74) is 0. The Hall–Kier alpha value is -1.10. The molecule has 1 unspecified atom stereocenters. The van der Waals surface area contributed by atoms with Crippen molar-refractivity contribution >= 4 is 11.8 Å². The molecule has 0 radical (unpaired) electrons. The van der Waals surface area contributed by atoms with E-state index in [2.05, 4.69) is 10.6 Å². The number of hydrogen-bond acceptors (Lipinski definition) is 3. The monoisotopic (exact) mass is 230 g/mol. The lowest BCUT2D eigenvalue weighted by atomic mass is 10.2. The van der Waals surface area contributed by atoms with Gasteiger partial charge in [0.1, 0.15) is 6.17 Å². The Kier molecular flexibility index (Phi) is 6.72. The van der Waals surface area contributed by atoms with Gasteiger partial charge in [-0.1, -0.05) is 0 Å². The summed E-state index contributed by atoms with van der Waals surface area (Å²) in [6.07, 6.45) is 0.287. The third-order valence-electron chi connectivity index (χ3n) is 1.83. The summed E-state index contributed by atoms with van der Waals surface area (Å²) in [6, 6.07) is 0. The SMILES string of the molecule is CC(=O)NC(CC(C)OC(C)C)NC(C)=O. The average molecular weight is 230 g/mol. The highest BCUT2D eigenvalue weighted by molar-refractivity contribution is 5.76. The van der Waals surface area contributed by atoms with Gasteiger partial charge in [0.05, 0.1) is 12.2 Å². The summed E-state index contributed by atoms with van der Waals surface area (Å²) >= 11 is 0. The molecule has 0 aromatic rings. The summed E-state index contributed by atoms with van der Waals surface area (Å²) in [6.45, 7) is 8.65. The molecule has 1 atom stereocenters. The van der Waals surface area contributed by atoms with Gasteiger partial charge in [-0.2, -0.15) is 0 Å². The minimum Gasteiger partial charge on any atom is -0.376 e. The predicted octanol–water partition coefficient (Wildman–Crippen LogP) is 0.788. The van der Waals surface area contributed by atoms with E-state index in [1.54, 1.807) is 0 Å². The molecule has 16 heavy (non-hydrogen) atoms. The van der Waals surface area contributed by atoms with E-state index in [0.717, 1.165) is 0 Å². The highest BCUT2D eigenvalue weighted by Gasteiger charge is 2.16. The topological polar surface area (TPSA) is 67.4 Å². The van der Waals surface area contributed by atoms with E-state index in [1.165, 1.54) is 13.8 Å². The van der Waals surface area contributed by atoms with Crippen LogP contribution in [0.2, 0.25) is 0 Å². The van der Waals surface area contributed by atoms with Crippen LogP contribution in [0.25, 0.3) is 0 Å². The maximum Gasteiger partial charge on any atom is 0.218 e. The number of carbonyl (C=O) groups is 2. The first-order chi connectivity index (χ1) is 7.31. The molecule has 0 aromatic carbocycles. The first-order valence-electron chi connectivity index (χ1n) is 5.51. The Labute approximate surface area is 96.9 Å². The second kappa shape index (κ2) is 7.22. The molecule has 0 aliphatic heterocycles. The first kappa shape index (κ1) is 14.9. The lowest BCUT2D eigenvalue weighted by Crippen LogP contribution is -2.48. The quantitative estimate of drug-likeness (QED) is 0.663. The zero-order valence-electron chi connectivity index (χ0n) is 10.7. The Bertz CT molecular complexity index is 225. The van der Waals surface area contributed by atoms with Gasteiger partial charge in [-0.15, -0.1) is 0 Å². The summed E-state index contributed by atoms with van der Waals surface area (Å²) < 4.78 is 5.54. The minimum atomic E-state index is -0.372. The van der Waals surface area contributed by atoms with Crippen molar-refractivity contribution < 1.29 is 14.3 Å². The third-order valence-corrected chi connectivity index (χ3v) is 1.83. The standard InChI is InChI=1S/C11H22N2O3/c1-7(2)16-8(3)6-11(12-9(4)14)13-10(5)15/h7-8,11H,6H2,1-5H3,(H,12,14)(H,13,15). The van der Waals surface area contributed by atoms with Crippen LogP contribution < -0.4 is 10.6 Å². The van der Waals surface area contributed by atoms with Gasteiger partial charge in [0.25, 0.3) is 0 Å². The largest absolute Gasteiger partial charge is 0.376 e. The van der Waals surface area contributed by atoms with Crippen LogP contribution in [-0.2, 0) is 14.3 Å². The van der Waals surface area contributed by atoms with Gasteiger partial charge in [-0.25, -0.2) is 0 Å². The lowest BCUT2D eigenvalue weighted by Gasteiger charge is -2.23. The number of ether oxygens (including phenoxy) is 1. The van der Waals surface area contributed by atoms with E-state index >= 15 is 0 Å². The van der Waals surface area contributed by atoms with Crippen LogP contribution in [0.3, 0.4) is 0 Å². The molecule has 0 bridgehead atoms. The number of rotatable bonds is 6. The van der Waals surface area contributed by atoms with E-state index in [0.29, 0.717) is 6.42 Å². The van der Waals surface area contributed by atoms with Crippen molar-refractivity contribution in [2.24, 2.45) is 0 Å². The van der Waals surface area contributed by atoms with Crippen LogP contribution in [0.5, 0.6) is 0 Å². The van der Waals surface area contributed by atoms with Crippen LogP contribution >= 0.6 is 0 Å². The molecule has 2 N–H and O–H groups in total. The van der Waals surface area contributed by atoms with Crippen molar-refractivity contribution in [1.82, 2.24) is 10.6 Å². The van der Waals surface area contributed by atoms with Gasteiger partial charge in [-0.3, -0.25) is 9.59 Å². The number of carbonyl (C=O) groups excluding carboxylic acids is 2. The predicted molar refractivity (Wildman–Crippen MR) is 61.7 cm³/mol. The fraction of sp³-hybridized carbons (Fsp3) is 0.818. The minimum absolute atomic E-state index is 0.0244. The maximum absolute atomic E-state index is 10.9. The molecular formula is C11H22N2O3. The van der Waals surface area contributed by atoms with E-state index in [-0.39, 0.29) is 30.2 Å². The van der Waals surface area contributed by atoms with Gasteiger partial charge >= 0.3 is 0 Å². The fourth-order valence-electron chi connectivity index (χ4n) is 1.50. The van der Waals surface area contributed by atoms with Crippen LogP contribution in [0.4, 0.5) is 0 Å². The summed E-state index contributed by atoms with van der Waals surface area (Å²) in [5, 5.41) is 5.33. The summed E-state index contributed by atoms with van der Waals surface area (Å²) in [5.74, 6) is -0.342. The van der Waals surface area contributed by atoms with Crippen LogP contribution in [-0.4, -0.2) is 30.2 Å². The smallest absolute Gasteiger partial charge is 0.218 e. The summed E-state index contributed by atoms with van der Waals surface area (Å²) in [7, 11) is 0. The molecule has 0 heterocycles. The van der Waals surface area contributed by atoms with Crippen molar-refractivity contribution in [2.75, 3.05) is 0 Å². The van der Waals surface area contributed by atoms with Crippen LogP contribution in [0, 0.1) is 0 Å². The molecule has 0 spiro atoms. The van der Waals surface area contributed by atoms with Crippen LogP contribution in [0.1, 0.15) is 41.0 Å². The van der Waals surface area contributed by atoms with E-state index in [4.69, 9.17) is 4.74 Å². The van der Waals surface area contributed by atoms with Crippen molar-refractivity contribution in [3.8, 4) is 0 Å². The number of amides is 2. The highest BCUT2D eigenvalue weighted by Crippen LogP contribution is 2.04. The van der Waals surface area contributed by atoms with Gasteiger partial charge in [-0.05, 0) is 20.8 Å². The van der Waals surface area contributed by atoms with Gasteiger partial charge in [0.15, 0.2) is 0 Å². The zero-order valence-corrected chi connectivity index (χ0v) is 10.7. The molecule has 94 valence electrons. The first-order valence-corrected chi connectivity index (χ1v) is 5.51. The number of hydrogen-bond donors (Lipinski definition) is 2. The maximum atomic E-state index is 10.9. The lowest BCUT2D eigenvalue weighted by molar-refractivity contribution is -0.122. The number of nitrogens with one attached hydrogen (secondary N) is 2. The van der Waals surface area contributed by atoms with Crippen LogP contribution in [0.15, 0.2) is 0 Å². The molecular weight excluding hydrogens is 208 g/mol. The Balaban J connectivity index is 4.18. The van der Waals surface area contributed by atoms with Gasteiger partial charge < -0.3 is 15.4 Å². The Morgan fingerprint density at radius 3 is 1.81 bits per heavy atom. The normalized spacial score (nSPS) is 12.7. The average Bonchev–Trinajstić information content (AvgIpc) is 1.97. The van der Waals surface area contributed by atoms with E-state index in [1.807, 2.05) is 20.8 Å². The molecule has 0 saturated heterocycles. The highest BCUT2D eigenvalue weighted by atomic mass is 16.5. The van der Waals surface area contributed by atoms with Gasteiger partial charge in [0, 0.05) is 20.3 Å². The molecule has 0 aliphatic rings. The third kappa shape index (κ3) is 8.23. The molecule has 0 fully saturated rings. The van der Waals surface area contributed by atoms with E-state index < -0.39 is 0 Å². The van der Waals surface area contributed by atoms with Crippen molar-refractivity contribution in [3.05, 3.63) is 0 Å².